The van der Waals surface area contributed by atoms with Gasteiger partial charge in [0, 0.05) is 17.7 Å². The maximum absolute atomic E-state index is 13.1. The van der Waals surface area contributed by atoms with Gasteiger partial charge in [0.2, 0.25) is 0 Å². The smallest absolute Gasteiger partial charge is 0.261 e. The standard InChI is InChI=1S/C25H23NO5/c1-29-20-10-8-18(9-11-20)24(27)26-13-12-19-14-23(22(30-2)15-21(19)25(26)28)31-16-17-6-4-3-5-7-17/h3-11,14-15H,12-13,16H2,1-2H3. The van der Waals surface area contributed by atoms with E-state index < -0.39 is 0 Å². The van der Waals surface area contributed by atoms with Crippen molar-refractivity contribution in [2.24, 2.45) is 0 Å². The average Bonchev–Trinajstić information content (AvgIpc) is 2.83. The molecule has 1 heterocycles. The fraction of sp³-hybridized carbons (Fsp3) is 0.200. The molecule has 1 aliphatic rings. The van der Waals surface area contributed by atoms with Crippen LogP contribution in [-0.2, 0) is 13.0 Å². The Labute approximate surface area is 181 Å². The van der Waals surface area contributed by atoms with Gasteiger partial charge in [0.1, 0.15) is 12.4 Å². The molecule has 4 rings (SSSR count). The second kappa shape index (κ2) is 8.92. The molecule has 158 valence electrons. The van der Waals surface area contributed by atoms with Gasteiger partial charge in [0.05, 0.1) is 14.2 Å². The summed E-state index contributed by atoms with van der Waals surface area (Å²) >= 11 is 0. The Balaban J connectivity index is 1.56. The fourth-order valence-corrected chi connectivity index (χ4v) is 3.58. The van der Waals surface area contributed by atoms with Crippen molar-refractivity contribution in [3.63, 3.8) is 0 Å². The third kappa shape index (κ3) is 4.23. The second-order valence-electron chi connectivity index (χ2n) is 7.17. The van der Waals surface area contributed by atoms with Gasteiger partial charge in [-0.1, -0.05) is 30.3 Å². The van der Waals surface area contributed by atoms with E-state index in [-0.39, 0.29) is 11.8 Å². The van der Waals surface area contributed by atoms with Crippen molar-refractivity contribution in [3.05, 3.63) is 89.0 Å². The molecule has 0 bridgehead atoms. The Morgan fingerprint density at radius 1 is 0.935 bits per heavy atom. The number of hydrogen-bond donors (Lipinski definition) is 0. The predicted octanol–water partition coefficient (Wildman–Crippen LogP) is 4.12. The first-order valence-corrected chi connectivity index (χ1v) is 9.98. The van der Waals surface area contributed by atoms with Crippen LogP contribution in [0.4, 0.5) is 0 Å². The van der Waals surface area contributed by atoms with Crippen molar-refractivity contribution in [2.45, 2.75) is 13.0 Å². The van der Waals surface area contributed by atoms with Crippen LogP contribution in [0.5, 0.6) is 17.2 Å². The number of hydrogen-bond acceptors (Lipinski definition) is 5. The number of carbonyl (C=O) groups is 2. The minimum absolute atomic E-state index is 0.307. The molecular weight excluding hydrogens is 394 g/mol. The van der Waals surface area contributed by atoms with Gasteiger partial charge in [0.25, 0.3) is 11.8 Å². The maximum atomic E-state index is 13.1. The molecular formula is C25H23NO5. The van der Waals surface area contributed by atoms with Crippen LogP contribution in [-0.4, -0.2) is 37.5 Å². The van der Waals surface area contributed by atoms with Gasteiger partial charge in [-0.05, 0) is 53.9 Å². The van der Waals surface area contributed by atoms with Crippen LogP contribution in [0, 0.1) is 0 Å². The molecule has 0 aromatic heterocycles. The molecule has 0 saturated heterocycles. The summed E-state index contributed by atoms with van der Waals surface area (Å²) in [7, 11) is 3.10. The molecule has 1 aliphatic heterocycles. The Hall–Kier alpha value is -3.80. The molecule has 0 atom stereocenters. The minimum atomic E-state index is -0.338. The van der Waals surface area contributed by atoms with E-state index in [1.54, 1.807) is 37.4 Å². The number of benzene rings is 3. The SMILES string of the molecule is COc1ccc(C(=O)N2CCc3cc(OCc4ccccc4)c(OC)cc3C2=O)cc1. The average molecular weight is 417 g/mol. The van der Waals surface area contributed by atoms with E-state index in [4.69, 9.17) is 14.2 Å². The summed E-state index contributed by atoms with van der Waals surface area (Å²) in [5, 5.41) is 0. The number of amides is 2. The molecule has 0 aliphatic carbocycles. The Morgan fingerprint density at radius 3 is 2.35 bits per heavy atom. The van der Waals surface area contributed by atoms with Crippen molar-refractivity contribution in [1.29, 1.82) is 0 Å². The third-order valence-corrected chi connectivity index (χ3v) is 5.29. The number of fused-ring (bicyclic) bond motifs is 1. The molecule has 3 aromatic rings. The molecule has 2 amide bonds. The molecule has 3 aromatic carbocycles. The zero-order chi connectivity index (χ0) is 21.8. The van der Waals surface area contributed by atoms with Gasteiger partial charge in [-0.3, -0.25) is 14.5 Å². The van der Waals surface area contributed by atoms with Crippen molar-refractivity contribution in [2.75, 3.05) is 20.8 Å². The topological polar surface area (TPSA) is 65.1 Å². The van der Waals surface area contributed by atoms with Crippen LogP contribution >= 0.6 is 0 Å². The first-order valence-electron chi connectivity index (χ1n) is 9.98. The van der Waals surface area contributed by atoms with E-state index in [2.05, 4.69) is 0 Å². The molecule has 6 nitrogen and oxygen atoms in total. The van der Waals surface area contributed by atoms with Gasteiger partial charge in [-0.25, -0.2) is 0 Å². The Morgan fingerprint density at radius 2 is 1.68 bits per heavy atom. The van der Waals surface area contributed by atoms with Crippen LogP contribution in [0.25, 0.3) is 0 Å². The van der Waals surface area contributed by atoms with Crippen molar-refractivity contribution >= 4 is 11.8 Å². The molecule has 0 radical (unpaired) electrons. The number of nitrogens with zero attached hydrogens (tertiary/aromatic N) is 1. The molecule has 0 saturated carbocycles. The van der Waals surface area contributed by atoms with Crippen molar-refractivity contribution < 1.29 is 23.8 Å². The molecule has 6 heteroatoms. The quantitative estimate of drug-likeness (QED) is 0.565. The van der Waals surface area contributed by atoms with Crippen LogP contribution < -0.4 is 14.2 Å². The molecule has 0 N–H and O–H groups in total. The van der Waals surface area contributed by atoms with Crippen molar-refractivity contribution in [1.82, 2.24) is 4.90 Å². The minimum Gasteiger partial charge on any atom is -0.497 e. The van der Waals surface area contributed by atoms with Gasteiger partial charge in [-0.2, -0.15) is 0 Å². The Kier molecular flexibility index (Phi) is 5.89. The van der Waals surface area contributed by atoms with E-state index in [0.717, 1.165) is 11.1 Å². The van der Waals surface area contributed by atoms with Gasteiger partial charge >= 0.3 is 0 Å². The highest BCUT2D eigenvalue weighted by Crippen LogP contribution is 2.34. The monoisotopic (exact) mass is 417 g/mol. The first kappa shape index (κ1) is 20.5. The third-order valence-electron chi connectivity index (χ3n) is 5.29. The summed E-state index contributed by atoms with van der Waals surface area (Å²) in [6, 6.07) is 20.0. The van der Waals surface area contributed by atoms with Gasteiger partial charge in [-0.15, -0.1) is 0 Å². The van der Waals surface area contributed by atoms with Gasteiger partial charge in [0.15, 0.2) is 11.5 Å². The highest BCUT2D eigenvalue weighted by molar-refractivity contribution is 6.11. The number of ether oxygens (including phenoxy) is 3. The lowest BCUT2D eigenvalue weighted by molar-refractivity contribution is 0.0604. The zero-order valence-electron chi connectivity index (χ0n) is 17.5. The van der Waals surface area contributed by atoms with E-state index in [0.29, 0.717) is 47.9 Å². The van der Waals surface area contributed by atoms with Crippen LogP contribution in [0.15, 0.2) is 66.7 Å². The van der Waals surface area contributed by atoms with E-state index in [9.17, 15) is 9.59 Å². The number of rotatable bonds is 6. The lowest BCUT2D eigenvalue weighted by Gasteiger charge is -2.28. The lowest BCUT2D eigenvalue weighted by atomic mass is 9.97. The lowest BCUT2D eigenvalue weighted by Crippen LogP contribution is -2.42. The summed E-state index contributed by atoms with van der Waals surface area (Å²) in [6.07, 6.45) is 0.550. The summed E-state index contributed by atoms with van der Waals surface area (Å²) in [6.45, 7) is 0.702. The number of methoxy groups -OCH3 is 2. The summed E-state index contributed by atoms with van der Waals surface area (Å²) in [5.41, 5.74) is 2.77. The van der Waals surface area contributed by atoms with Crippen LogP contribution in [0.3, 0.4) is 0 Å². The van der Waals surface area contributed by atoms with Gasteiger partial charge < -0.3 is 14.2 Å². The van der Waals surface area contributed by atoms with Crippen LogP contribution in [0.1, 0.15) is 31.8 Å². The second-order valence-corrected chi connectivity index (χ2v) is 7.17. The summed E-state index contributed by atoms with van der Waals surface area (Å²) < 4.78 is 16.5. The molecule has 0 fully saturated rings. The van der Waals surface area contributed by atoms with E-state index >= 15 is 0 Å². The van der Waals surface area contributed by atoms with Crippen molar-refractivity contribution in [3.8, 4) is 17.2 Å². The maximum Gasteiger partial charge on any atom is 0.261 e. The van der Waals surface area contributed by atoms with E-state index in [1.807, 2.05) is 36.4 Å². The first-order chi connectivity index (χ1) is 15.1. The highest BCUT2D eigenvalue weighted by atomic mass is 16.5. The molecule has 31 heavy (non-hydrogen) atoms. The predicted molar refractivity (Wildman–Crippen MR) is 116 cm³/mol. The highest BCUT2D eigenvalue weighted by Gasteiger charge is 2.31. The normalized spacial score (nSPS) is 12.8. The molecule has 0 spiro atoms. The largest absolute Gasteiger partial charge is 0.497 e. The molecule has 0 unspecified atom stereocenters. The van der Waals surface area contributed by atoms with E-state index in [1.165, 1.54) is 12.0 Å². The van der Waals surface area contributed by atoms with Crippen LogP contribution in [0.2, 0.25) is 0 Å². The fourth-order valence-electron chi connectivity index (χ4n) is 3.58. The number of imide groups is 1. The number of carbonyl (C=O) groups excluding carboxylic acids is 2. The zero-order valence-corrected chi connectivity index (χ0v) is 17.5. The summed E-state index contributed by atoms with van der Waals surface area (Å²) in [5.74, 6) is 1.02. The Bertz CT molecular complexity index is 1090. The summed E-state index contributed by atoms with van der Waals surface area (Å²) in [4.78, 5) is 27.3.